The molecule has 0 atom stereocenters. The second-order valence-electron chi connectivity index (χ2n) is 6.70. The minimum atomic E-state index is 0. The van der Waals surface area contributed by atoms with Gasteiger partial charge in [0.05, 0.1) is 0 Å². The van der Waals surface area contributed by atoms with Crippen molar-refractivity contribution in [1.29, 1.82) is 0 Å². The molecule has 0 aliphatic heterocycles. The first-order chi connectivity index (χ1) is 10.2. The zero-order valence-corrected chi connectivity index (χ0v) is 18.1. The molecule has 1 aromatic heterocycles. The van der Waals surface area contributed by atoms with Crippen molar-refractivity contribution in [2.75, 3.05) is 0 Å². The van der Waals surface area contributed by atoms with Crippen molar-refractivity contribution in [3.63, 3.8) is 0 Å². The number of nitrogens with two attached hydrogens (primary N) is 1. The van der Waals surface area contributed by atoms with E-state index in [0.29, 0.717) is 6.04 Å². The molecule has 3 nitrogen and oxygen atoms in total. The van der Waals surface area contributed by atoms with Gasteiger partial charge in [-0.2, -0.15) is 0 Å². The monoisotopic (exact) mass is 544 g/mol. The molecule has 1 aromatic rings. The van der Waals surface area contributed by atoms with Crippen LogP contribution in [-0.4, -0.2) is 15.2 Å². The van der Waals surface area contributed by atoms with Crippen molar-refractivity contribution in [2.45, 2.75) is 76.8 Å². The number of hydrogen-bond donors (Lipinski definition) is 1. The predicted octanol–water partition coefficient (Wildman–Crippen LogP) is 4.61. The summed E-state index contributed by atoms with van der Waals surface area (Å²) in [4.78, 5) is 0. The summed E-state index contributed by atoms with van der Waals surface area (Å²) in [5, 5.41) is 0. The van der Waals surface area contributed by atoms with Crippen LogP contribution in [-0.2, 0) is 32.9 Å². The van der Waals surface area contributed by atoms with Gasteiger partial charge in [0.1, 0.15) is 0 Å². The molecule has 140 valence electrons. The van der Waals surface area contributed by atoms with E-state index in [1.807, 2.05) is 0 Å². The Morgan fingerprint density at radius 1 is 0.957 bits per heavy atom. The molecule has 2 saturated carbocycles. The number of aryl methyl sites for hydroxylation is 1. The van der Waals surface area contributed by atoms with Crippen LogP contribution < -0.4 is 5.73 Å². The Kier molecular flexibility index (Phi) is 13.0. The van der Waals surface area contributed by atoms with E-state index in [2.05, 4.69) is 47.9 Å². The number of halogens is 2. The zero-order chi connectivity index (χ0) is 15.1. The van der Waals surface area contributed by atoms with Gasteiger partial charge in [0.2, 0.25) is 0 Å². The fourth-order valence-corrected chi connectivity index (χ4v) is 3.96. The Hall–Kier alpha value is 0.438. The molecule has 2 fully saturated rings. The maximum absolute atomic E-state index is 5.63. The molecule has 0 amide bonds. The largest absolute Gasteiger partial charge is 0.328 e. The second-order valence-corrected chi connectivity index (χ2v) is 7.72. The fourth-order valence-electron chi connectivity index (χ4n) is 3.41. The van der Waals surface area contributed by atoms with Crippen LogP contribution in [0.1, 0.15) is 64.2 Å². The van der Waals surface area contributed by atoms with Gasteiger partial charge in [-0.15, -0.1) is 24.8 Å². The normalized spacial score (nSPS) is 19.1. The van der Waals surface area contributed by atoms with Gasteiger partial charge in [0, 0.05) is 6.04 Å². The van der Waals surface area contributed by atoms with E-state index in [-0.39, 0.29) is 24.8 Å². The molecule has 0 aromatic carbocycles. The van der Waals surface area contributed by atoms with Gasteiger partial charge in [0.15, 0.2) is 0 Å². The van der Waals surface area contributed by atoms with Crippen molar-refractivity contribution in [3.05, 3.63) is 16.2 Å². The van der Waals surface area contributed by atoms with Gasteiger partial charge in [-0.25, -0.2) is 0 Å². The summed E-state index contributed by atoms with van der Waals surface area (Å²) in [5.41, 5.74) is 5.63. The maximum atomic E-state index is 5.63. The van der Waals surface area contributed by atoms with E-state index >= 15 is 0 Å². The molecule has 0 bridgehead atoms. The molecule has 0 radical (unpaired) electrons. The number of hydrogen-bond acceptors (Lipinski definition) is 1. The van der Waals surface area contributed by atoms with Crippen LogP contribution in [0.15, 0.2) is 12.4 Å². The molecule has 2 aliphatic rings. The van der Waals surface area contributed by atoms with Crippen LogP contribution >= 0.6 is 24.8 Å². The molecule has 3 rings (SSSR count). The second kappa shape index (κ2) is 12.8. The average molecular weight is 545 g/mol. The van der Waals surface area contributed by atoms with Crippen LogP contribution in [0.4, 0.5) is 0 Å². The van der Waals surface area contributed by atoms with Gasteiger partial charge in [-0.3, -0.25) is 0 Å². The van der Waals surface area contributed by atoms with Crippen LogP contribution in [0.5, 0.6) is 0 Å². The summed E-state index contributed by atoms with van der Waals surface area (Å²) >= 11 is 2.41. The molecular formula is C17H33Cl2N3Pt. The molecule has 2 aliphatic carbocycles. The molecule has 6 heteroatoms. The molecule has 0 spiro atoms. The van der Waals surface area contributed by atoms with E-state index in [0.717, 1.165) is 5.92 Å². The van der Waals surface area contributed by atoms with Gasteiger partial charge < -0.3 is 5.73 Å². The maximum Gasteiger partial charge on any atom is 0.00388 e. The molecule has 0 saturated heterocycles. The first-order valence-electron chi connectivity index (χ1n) is 8.59. The standard InChI is InChI=1S/C11H18N2.C6H13N.2ClH.Pt/c1-12-7-8-13(10-12)9-11-5-3-2-4-6-11;7-6-4-2-1-3-5-6;;;/h7-8,11H,2-6,9H2,1H3;6H,1-5,7H2;2*1H;. The number of nitrogens with zero attached hydrogens (tertiary/aromatic N) is 2. The van der Waals surface area contributed by atoms with E-state index in [1.54, 1.807) is 0 Å². The van der Waals surface area contributed by atoms with E-state index in [9.17, 15) is 0 Å². The number of rotatable bonds is 2. The number of imidazole rings is 1. The summed E-state index contributed by atoms with van der Waals surface area (Å²) < 4.78 is 5.91. The van der Waals surface area contributed by atoms with E-state index < -0.39 is 0 Å². The van der Waals surface area contributed by atoms with Gasteiger partial charge in [0.25, 0.3) is 0 Å². The smallest absolute Gasteiger partial charge is 0.00388 e. The molecule has 0 unspecified atom stereocenters. The van der Waals surface area contributed by atoms with Crippen molar-refractivity contribution in [1.82, 2.24) is 9.13 Å². The first-order valence-corrected chi connectivity index (χ1v) is 9.73. The summed E-state index contributed by atoms with van der Waals surface area (Å²) in [7, 11) is 2.11. The zero-order valence-electron chi connectivity index (χ0n) is 14.2. The molecule has 1 heterocycles. The quantitative estimate of drug-likeness (QED) is 0.580. The molecule has 23 heavy (non-hydrogen) atoms. The average Bonchev–Trinajstić information content (AvgIpc) is 2.82. The minimum absolute atomic E-state index is 0. The predicted molar refractivity (Wildman–Crippen MR) is 98.8 cm³/mol. The third-order valence-electron chi connectivity index (χ3n) is 4.79. The summed E-state index contributed by atoms with van der Waals surface area (Å²) in [6.45, 7) is 1.22. The van der Waals surface area contributed by atoms with Crippen LogP contribution in [0.25, 0.3) is 0 Å². The Bertz CT molecular complexity index is 461. The van der Waals surface area contributed by atoms with Crippen molar-refractivity contribution in [3.8, 4) is 0 Å². The van der Waals surface area contributed by atoms with Gasteiger partial charge >= 0.3 is 96.3 Å². The van der Waals surface area contributed by atoms with E-state index in [4.69, 9.17) is 5.73 Å². The molecular weight excluding hydrogens is 512 g/mol. The Balaban J connectivity index is 0.000000463. The fraction of sp³-hybridized carbons (Fsp3) is 0.824. The summed E-state index contributed by atoms with van der Waals surface area (Å²) in [5.74, 6) is 0.921. The van der Waals surface area contributed by atoms with Gasteiger partial charge in [-0.05, 0) is 12.8 Å². The third-order valence-corrected chi connectivity index (χ3v) is 6.24. The van der Waals surface area contributed by atoms with Crippen molar-refractivity contribution < 1.29 is 19.4 Å². The Labute approximate surface area is 164 Å². The van der Waals surface area contributed by atoms with Crippen LogP contribution in [0.2, 0.25) is 0 Å². The topological polar surface area (TPSA) is 35.9 Å². The summed E-state index contributed by atoms with van der Waals surface area (Å²) in [6, 6.07) is 0.536. The number of aromatic nitrogens is 2. The summed E-state index contributed by atoms with van der Waals surface area (Å²) in [6.07, 6.45) is 18.2. The van der Waals surface area contributed by atoms with Crippen molar-refractivity contribution >= 4 is 24.8 Å². The Morgan fingerprint density at radius 2 is 1.48 bits per heavy atom. The molecule has 2 N–H and O–H groups in total. The SMILES string of the molecule is Cl.Cl.Cn1ccn(CC2CCCCC2)[c]1=[Pt].NC1CCCCC1. The Morgan fingerprint density at radius 3 is 1.87 bits per heavy atom. The van der Waals surface area contributed by atoms with Gasteiger partial charge in [-0.1, -0.05) is 19.3 Å². The van der Waals surface area contributed by atoms with Crippen LogP contribution in [0, 0.1) is 9.72 Å². The van der Waals surface area contributed by atoms with Crippen LogP contribution in [0.3, 0.4) is 0 Å². The van der Waals surface area contributed by atoms with E-state index in [1.165, 1.54) is 74.6 Å². The van der Waals surface area contributed by atoms with Crippen molar-refractivity contribution in [2.24, 2.45) is 18.7 Å². The minimum Gasteiger partial charge on any atom is -0.328 e. The first kappa shape index (κ1) is 23.4. The third kappa shape index (κ3) is 8.38.